The molecule has 0 saturated carbocycles. The summed E-state index contributed by atoms with van der Waals surface area (Å²) in [5.41, 5.74) is 3.04. The van der Waals surface area contributed by atoms with Crippen LogP contribution in [0.5, 0.6) is 0 Å². The molecule has 0 radical (unpaired) electrons. The van der Waals surface area contributed by atoms with Crippen LogP contribution in [0.3, 0.4) is 0 Å². The van der Waals surface area contributed by atoms with Crippen molar-refractivity contribution in [2.24, 2.45) is 65.1 Å². The van der Waals surface area contributed by atoms with Crippen LogP contribution < -0.4 is 0 Å². The second kappa shape index (κ2) is 12.3. The Morgan fingerprint density at radius 3 is 1.09 bits per heavy atom. The minimum Gasteiger partial charge on any atom is -0.0625 e. The van der Waals surface area contributed by atoms with Gasteiger partial charge in [0.1, 0.15) is 0 Å². The van der Waals surface area contributed by atoms with Crippen LogP contribution in [-0.2, 0) is 5.41 Å². The highest BCUT2D eigenvalue weighted by Crippen LogP contribution is 2.50. The first-order chi connectivity index (χ1) is 15.1. The molecule has 0 aliphatic heterocycles. The molecule has 1 rings (SSSR count). The lowest BCUT2D eigenvalue weighted by Crippen LogP contribution is -2.46. The van der Waals surface area contributed by atoms with E-state index in [1.165, 1.54) is 11.1 Å². The van der Waals surface area contributed by atoms with Gasteiger partial charge in [0.25, 0.3) is 0 Å². The van der Waals surface area contributed by atoms with Crippen molar-refractivity contribution in [3.8, 4) is 0 Å². The minimum absolute atomic E-state index is 0.145. The van der Waals surface area contributed by atoms with E-state index in [4.69, 9.17) is 0 Å². The van der Waals surface area contributed by atoms with Crippen molar-refractivity contribution in [2.75, 3.05) is 0 Å². The normalized spacial score (nSPS) is 22.7. The van der Waals surface area contributed by atoms with Gasteiger partial charge in [-0.25, -0.2) is 0 Å². The van der Waals surface area contributed by atoms with E-state index in [0.29, 0.717) is 35.5 Å². The molecule has 0 spiro atoms. The van der Waals surface area contributed by atoms with E-state index < -0.39 is 0 Å². The van der Waals surface area contributed by atoms with Crippen LogP contribution in [-0.4, -0.2) is 0 Å². The third-order valence-corrected chi connectivity index (χ3v) is 11.4. The second-order valence-electron chi connectivity index (χ2n) is 13.2. The smallest absolute Gasteiger partial charge is 0.00188 e. The third-order valence-electron chi connectivity index (χ3n) is 11.4. The summed E-state index contributed by atoms with van der Waals surface area (Å²) in [7, 11) is 0. The van der Waals surface area contributed by atoms with Gasteiger partial charge in [-0.05, 0) is 83.0 Å². The van der Waals surface area contributed by atoms with Crippen LogP contribution in [0, 0.1) is 72.0 Å². The van der Waals surface area contributed by atoms with E-state index in [2.05, 4.69) is 128 Å². The largest absolute Gasteiger partial charge is 0.0625 e. The van der Waals surface area contributed by atoms with Crippen molar-refractivity contribution >= 4 is 0 Å². The molecule has 1 aromatic rings. The first kappa shape index (κ1) is 30.3. The van der Waals surface area contributed by atoms with Crippen LogP contribution in [0.2, 0.25) is 0 Å². The van der Waals surface area contributed by atoms with E-state index in [1.807, 2.05) is 0 Å². The molecule has 0 fully saturated rings. The first-order valence-corrected chi connectivity index (χ1v) is 14.2. The summed E-state index contributed by atoms with van der Waals surface area (Å²) in [5.74, 6) is 7.67. The zero-order chi connectivity index (χ0) is 25.8. The summed E-state index contributed by atoms with van der Waals surface area (Å²) >= 11 is 0. The zero-order valence-corrected chi connectivity index (χ0v) is 25.2. The molecular weight excluding hydrogens is 396 g/mol. The standard InChI is InChI=1S/C33H60/c1-20(2)23(6)25(8)27(10)29(12)31(14)33(15,32-18-16-22(5)17-19-32)30(13)28(11)26(9)24(7)21(3)4/h16-21,23-31H,1-15H3. The fraction of sp³-hybridized carbons (Fsp3) is 0.818. The number of hydrogen-bond donors (Lipinski definition) is 0. The molecule has 0 aliphatic rings. The van der Waals surface area contributed by atoms with Crippen LogP contribution in [0.15, 0.2) is 24.3 Å². The highest BCUT2D eigenvalue weighted by molar-refractivity contribution is 5.30. The molecule has 0 saturated heterocycles. The average molecular weight is 457 g/mol. The SMILES string of the molecule is Cc1ccc(C(C)(C(C)C(C)C(C)C(C)C(C)C)C(C)C(C)C(C)C(C)C(C)C(C)C)cc1. The fourth-order valence-corrected chi connectivity index (χ4v) is 6.51. The maximum atomic E-state index is 2.59. The lowest BCUT2D eigenvalue weighted by molar-refractivity contribution is 0.0458. The highest BCUT2D eigenvalue weighted by atomic mass is 14.5. The van der Waals surface area contributed by atoms with E-state index in [-0.39, 0.29) is 5.41 Å². The molecule has 0 N–H and O–H groups in total. The summed E-state index contributed by atoms with van der Waals surface area (Å²) < 4.78 is 0. The van der Waals surface area contributed by atoms with Crippen molar-refractivity contribution < 1.29 is 0 Å². The molecule has 0 bridgehead atoms. The summed E-state index contributed by atoms with van der Waals surface area (Å²) in [4.78, 5) is 0. The van der Waals surface area contributed by atoms with Crippen LogP contribution in [0.4, 0.5) is 0 Å². The van der Waals surface area contributed by atoms with Gasteiger partial charge in [-0.3, -0.25) is 0 Å². The van der Waals surface area contributed by atoms with Gasteiger partial charge >= 0.3 is 0 Å². The molecule has 0 heterocycles. The zero-order valence-electron chi connectivity index (χ0n) is 25.2. The fourth-order valence-electron chi connectivity index (χ4n) is 6.51. The molecular formula is C33H60. The lowest BCUT2D eigenvalue weighted by atomic mass is 9.54. The van der Waals surface area contributed by atoms with Crippen molar-refractivity contribution in [3.05, 3.63) is 35.4 Å². The quantitative estimate of drug-likeness (QED) is 0.293. The first-order valence-electron chi connectivity index (χ1n) is 14.2. The third kappa shape index (κ3) is 6.67. The van der Waals surface area contributed by atoms with Gasteiger partial charge in [-0.15, -0.1) is 0 Å². The Labute approximate surface area is 209 Å². The Kier molecular flexibility index (Phi) is 11.2. The molecule has 0 amide bonds. The second-order valence-corrected chi connectivity index (χ2v) is 13.2. The Morgan fingerprint density at radius 1 is 0.455 bits per heavy atom. The van der Waals surface area contributed by atoms with Gasteiger partial charge in [0.2, 0.25) is 0 Å². The topological polar surface area (TPSA) is 0 Å². The van der Waals surface area contributed by atoms with Gasteiger partial charge in [-0.2, -0.15) is 0 Å². The summed E-state index contributed by atoms with van der Waals surface area (Å²) in [5, 5.41) is 0. The summed E-state index contributed by atoms with van der Waals surface area (Å²) in [6, 6.07) is 9.52. The predicted molar refractivity (Wildman–Crippen MR) is 151 cm³/mol. The Balaban J connectivity index is 3.43. The molecule has 0 heteroatoms. The molecule has 192 valence electrons. The molecule has 0 nitrogen and oxygen atoms in total. The predicted octanol–water partition coefficient (Wildman–Crippen LogP) is 10.3. The molecule has 10 atom stereocenters. The van der Waals surface area contributed by atoms with E-state index in [1.54, 1.807) is 0 Å². The van der Waals surface area contributed by atoms with Crippen LogP contribution >= 0.6 is 0 Å². The van der Waals surface area contributed by atoms with Crippen LogP contribution in [0.25, 0.3) is 0 Å². The number of aryl methyl sites for hydroxylation is 1. The summed E-state index contributed by atoms with van der Waals surface area (Å²) in [6.45, 7) is 37.0. The van der Waals surface area contributed by atoms with Gasteiger partial charge < -0.3 is 0 Å². The monoisotopic (exact) mass is 456 g/mol. The Hall–Kier alpha value is -0.780. The number of hydrogen-bond acceptors (Lipinski definition) is 0. The number of benzene rings is 1. The van der Waals surface area contributed by atoms with E-state index in [0.717, 1.165) is 29.6 Å². The molecule has 1 aromatic carbocycles. The average Bonchev–Trinajstić information content (AvgIpc) is 2.79. The van der Waals surface area contributed by atoms with Gasteiger partial charge in [0.15, 0.2) is 0 Å². The maximum absolute atomic E-state index is 2.59. The maximum Gasteiger partial charge on any atom is -0.00188 e. The Morgan fingerprint density at radius 2 is 0.758 bits per heavy atom. The van der Waals surface area contributed by atoms with Gasteiger partial charge in [-0.1, -0.05) is 127 Å². The number of rotatable bonds is 12. The highest BCUT2D eigenvalue weighted by Gasteiger charge is 2.45. The minimum atomic E-state index is 0.145. The Bertz CT molecular complexity index is 682. The molecule has 0 aliphatic carbocycles. The van der Waals surface area contributed by atoms with Gasteiger partial charge in [0.05, 0.1) is 0 Å². The summed E-state index contributed by atoms with van der Waals surface area (Å²) in [6.07, 6.45) is 0. The van der Waals surface area contributed by atoms with Crippen molar-refractivity contribution in [3.63, 3.8) is 0 Å². The van der Waals surface area contributed by atoms with Crippen molar-refractivity contribution in [1.29, 1.82) is 0 Å². The van der Waals surface area contributed by atoms with Gasteiger partial charge in [0, 0.05) is 0 Å². The van der Waals surface area contributed by atoms with E-state index in [9.17, 15) is 0 Å². The van der Waals surface area contributed by atoms with Crippen LogP contribution in [0.1, 0.15) is 108 Å². The van der Waals surface area contributed by atoms with E-state index >= 15 is 0 Å². The molecule has 33 heavy (non-hydrogen) atoms. The van der Waals surface area contributed by atoms with Crippen molar-refractivity contribution in [1.82, 2.24) is 0 Å². The molecule has 0 aromatic heterocycles. The molecule has 10 unspecified atom stereocenters. The lowest BCUT2D eigenvalue weighted by Gasteiger charge is -2.50. The van der Waals surface area contributed by atoms with Crippen molar-refractivity contribution in [2.45, 2.75) is 109 Å².